The molecule has 74 valence electrons. The minimum absolute atomic E-state index is 0.382. The van der Waals surface area contributed by atoms with Gasteiger partial charge in [-0.3, -0.25) is 4.79 Å². The Bertz CT molecular complexity index is 203. The summed E-state index contributed by atoms with van der Waals surface area (Å²) in [4.78, 5) is 11.2. The van der Waals surface area contributed by atoms with Crippen LogP contribution < -0.4 is 5.32 Å². The smallest absolute Gasteiger partial charge is 0.324 e. The largest absolute Gasteiger partial charge is 0.480 e. The van der Waals surface area contributed by atoms with E-state index in [9.17, 15) is 9.90 Å². The quantitative estimate of drug-likeness (QED) is 0.680. The minimum Gasteiger partial charge on any atom is -0.480 e. The average molecular weight is 183 g/mol. The Hall–Kier alpha value is -0.570. The van der Waals surface area contributed by atoms with Gasteiger partial charge in [-0.2, -0.15) is 0 Å². The number of rotatable bonds is 2. The van der Waals surface area contributed by atoms with Crippen molar-refractivity contribution in [3.05, 3.63) is 0 Å². The average Bonchev–Trinajstić information content (AvgIpc) is 2.75. The number of aliphatic carboxylic acids is 1. The van der Waals surface area contributed by atoms with Crippen LogP contribution in [-0.2, 0) is 4.79 Å². The van der Waals surface area contributed by atoms with Gasteiger partial charge in [0, 0.05) is 0 Å². The van der Waals surface area contributed by atoms with Gasteiger partial charge in [-0.25, -0.2) is 0 Å². The van der Waals surface area contributed by atoms with Crippen LogP contribution in [0.5, 0.6) is 0 Å². The summed E-state index contributed by atoms with van der Waals surface area (Å²) in [7, 11) is 0. The normalized spacial score (nSPS) is 35.4. The summed E-state index contributed by atoms with van der Waals surface area (Å²) >= 11 is 0. The third-order valence-electron chi connectivity index (χ3n) is 3.62. The van der Waals surface area contributed by atoms with Gasteiger partial charge in [0.05, 0.1) is 0 Å². The molecule has 2 aliphatic rings. The van der Waals surface area contributed by atoms with Crippen LogP contribution in [0, 0.1) is 5.92 Å². The highest BCUT2D eigenvalue weighted by Crippen LogP contribution is 2.39. The molecule has 1 heterocycles. The highest BCUT2D eigenvalue weighted by Gasteiger charge is 2.48. The summed E-state index contributed by atoms with van der Waals surface area (Å²) in [5.74, 6) is -0.246. The van der Waals surface area contributed by atoms with Crippen molar-refractivity contribution in [2.45, 2.75) is 44.1 Å². The summed E-state index contributed by atoms with van der Waals surface area (Å²) in [5.41, 5.74) is -0.559. The van der Waals surface area contributed by atoms with E-state index in [0.717, 1.165) is 32.2 Å². The van der Waals surface area contributed by atoms with Crippen molar-refractivity contribution in [1.29, 1.82) is 0 Å². The zero-order valence-electron chi connectivity index (χ0n) is 7.88. The number of nitrogens with one attached hydrogen (secondary N) is 1. The molecular weight excluding hydrogens is 166 g/mol. The van der Waals surface area contributed by atoms with E-state index in [1.54, 1.807) is 0 Å². The molecule has 0 radical (unpaired) electrons. The maximum atomic E-state index is 11.2. The summed E-state index contributed by atoms with van der Waals surface area (Å²) in [5, 5.41) is 12.5. The van der Waals surface area contributed by atoms with Crippen LogP contribution in [0.1, 0.15) is 38.5 Å². The first kappa shape index (κ1) is 9.00. The molecule has 0 bridgehead atoms. The highest BCUT2D eigenvalue weighted by atomic mass is 16.4. The summed E-state index contributed by atoms with van der Waals surface area (Å²) in [6.07, 6.45) is 6.46. The monoisotopic (exact) mass is 183 g/mol. The van der Waals surface area contributed by atoms with Crippen molar-refractivity contribution in [1.82, 2.24) is 5.32 Å². The Morgan fingerprint density at radius 1 is 1.31 bits per heavy atom. The number of hydrogen-bond donors (Lipinski definition) is 2. The Balaban J connectivity index is 2.16. The van der Waals surface area contributed by atoms with E-state index < -0.39 is 11.5 Å². The standard InChI is InChI=1S/C10H17NO2/c12-9(13)10(6-3-7-11-10)8-4-1-2-5-8/h8,11H,1-7H2,(H,12,13)/t10-/m0/s1. The van der Waals surface area contributed by atoms with Crippen molar-refractivity contribution in [3.8, 4) is 0 Å². The second-order valence-electron chi connectivity index (χ2n) is 4.29. The van der Waals surface area contributed by atoms with E-state index in [-0.39, 0.29) is 0 Å². The number of hydrogen-bond acceptors (Lipinski definition) is 2. The predicted octanol–water partition coefficient (Wildman–Crippen LogP) is 1.38. The minimum atomic E-state index is -0.628. The molecule has 13 heavy (non-hydrogen) atoms. The zero-order chi connectivity index (χ0) is 9.31. The fourth-order valence-electron chi connectivity index (χ4n) is 2.89. The Labute approximate surface area is 78.5 Å². The van der Waals surface area contributed by atoms with Crippen LogP contribution in [0.25, 0.3) is 0 Å². The Morgan fingerprint density at radius 3 is 2.46 bits per heavy atom. The molecule has 0 aromatic carbocycles. The molecule has 2 fully saturated rings. The molecule has 0 amide bonds. The van der Waals surface area contributed by atoms with E-state index in [4.69, 9.17) is 0 Å². The fourth-order valence-corrected chi connectivity index (χ4v) is 2.89. The molecule has 3 heteroatoms. The van der Waals surface area contributed by atoms with E-state index in [2.05, 4.69) is 5.32 Å². The third-order valence-corrected chi connectivity index (χ3v) is 3.62. The molecule has 0 spiro atoms. The number of carboxylic acid groups (broad SMARTS) is 1. The molecule has 1 saturated heterocycles. The zero-order valence-corrected chi connectivity index (χ0v) is 7.88. The van der Waals surface area contributed by atoms with Gasteiger partial charge in [0.15, 0.2) is 0 Å². The van der Waals surface area contributed by atoms with Gasteiger partial charge >= 0.3 is 5.97 Å². The van der Waals surface area contributed by atoms with E-state index >= 15 is 0 Å². The molecular formula is C10H17NO2. The van der Waals surface area contributed by atoms with Gasteiger partial charge in [-0.1, -0.05) is 12.8 Å². The van der Waals surface area contributed by atoms with Gasteiger partial charge in [0.25, 0.3) is 0 Å². The lowest BCUT2D eigenvalue weighted by molar-refractivity contribution is -0.146. The molecule has 2 N–H and O–H groups in total. The predicted molar refractivity (Wildman–Crippen MR) is 49.6 cm³/mol. The fraction of sp³-hybridized carbons (Fsp3) is 0.900. The second kappa shape index (κ2) is 3.29. The Morgan fingerprint density at radius 2 is 2.00 bits per heavy atom. The maximum absolute atomic E-state index is 11.2. The molecule has 1 atom stereocenters. The molecule has 1 aliphatic carbocycles. The topological polar surface area (TPSA) is 49.3 Å². The van der Waals surface area contributed by atoms with Gasteiger partial charge in [0.2, 0.25) is 0 Å². The summed E-state index contributed by atoms with van der Waals surface area (Å²) in [6.45, 7) is 0.878. The number of carbonyl (C=O) groups is 1. The summed E-state index contributed by atoms with van der Waals surface area (Å²) < 4.78 is 0. The lowest BCUT2D eigenvalue weighted by atomic mass is 9.81. The van der Waals surface area contributed by atoms with Crippen LogP contribution in [0.15, 0.2) is 0 Å². The molecule has 0 unspecified atom stereocenters. The number of carboxylic acids is 1. The molecule has 0 aromatic rings. The first-order valence-electron chi connectivity index (χ1n) is 5.24. The van der Waals surface area contributed by atoms with Gasteiger partial charge < -0.3 is 10.4 Å². The molecule has 0 aromatic heterocycles. The molecule has 1 aliphatic heterocycles. The molecule has 3 nitrogen and oxygen atoms in total. The van der Waals surface area contributed by atoms with Crippen molar-refractivity contribution >= 4 is 5.97 Å². The Kier molecular flexibility index (Phi) is 2.28. The van der Waals surface area contributed by atoms with Crippen molar-refractivity contribution in [3.63, 3.8) is 0 Å². The summed E-state index contributed by atoms with van der Waals surface area (Å²) in [6, 6.07) is 0. The van der Waals surface area contributed by atoms with Crippen LogP contribution in [0.2, 0.25) is 0 Å². The van der Waals surface area contributed by atoms with Crippen molar-refractivity contribution in [2.75, 3.05) is 6.54 Å². The first-order valence-corrected chi connectivity index (χ1v) is 5.24. The van der Waals surface area contributed by atoms with Crippen molar-refractivity contribution < 1.29 is 9.90 Å². The van der Waals surface area contributed by atoms with Gasteiger partial charge in [0.1, 0.15) is 5.54 Å². The van der Waals surface area contributed by atoms with Gasteiger partial charge in [-0.05, 0) is 38.1 Å². The van der Waals surface area contributed by atoms with Crippen LogP contribution in [0.3, 0.4) is 0 Å². The third kappa shape index (κ3) is 1.35. The highest BCUT2D eigenvalue weighted by molar-refractivity contribution is 5.79. The molecule has 1 saturated carbocycles. The van der Waals surface area contributed by atoms with E-state index in [0.29, 0.717) is 5.92 Å². The van der Waals surface area contributed by atoms with Crippen molar-refractivity contribution in [2.24, 2.45) is 5.92 Å². The van der Waals surface area contributed by atoms with E-state index in [1.165, 1.54) is 12.8 Å². The first-order chi connectivity index (χ1) is 6.26. The lowest BCUT2D eigenvalue weighted by Crippen LogP contribution is -2.52. The molecule has 2 rings (SSSR count). The lowest BCUT2D eigenvalue weighted by Gasteiger charge is -2.31. The van der Waals surface area contributed by atoms with E-state index in [1.807, 2.05) is 0 Å². The second-order valence-corrected chi connectivity index (χ2v) is 4.29. The van der Waals surface area contributed by atoms with Crippen LogP contribution in [-0.4, -0.2) is 23.2 Å². The SMILES string of the molecule is O=C(O)[C@@]1(C2CCCC2)CCCN1. The van der Waals surface area contributed by atoms with Gasteiger partial charge in [-0.15, -0.1) is 0 Å². The maximum Gasteiger partial charge on any atom is 0.324 e. The van der Waals surface area contributed by atoms with Crippen LogP contribution in [0.4, 0.5) is 0 Å². The van der Waals surface area contributed by atoms with Crippen LogP contribution >= 0.6 is 0 Å².